The van der Waals surface area contributed by atoms with Crippen LogP contribution in [0.3, 0.4) is 0 Å². The first-order chi connectivity index (χ1) is 17.4. The van der Waals surface area contributed by atoms with Crippen molar-refractivity contribution in [2.45, 2.75) is 77.1 Å². The van der Waals surface area contributed by atoms with Crippen molar-refractivity contribution in [3.05, 3.63) is 30.3 Å². The predicted octanol–water partition coefficient (Wildman–Crippen LogP) is 2.08. The van der Waals surface area contributed by atoms with Crippen LogP contribution in [0.2, 0.25) is 0 Å². The first-order valence-corrected chi connectivity index (χ1v) is 13.0. The molecule has 3 atom stereocenters. The summed E-state index contributed by atoms with van der Waals surface area (Å²) in [6, 6.07) is 8.67. The van der Waals surface area contributed by atoms with Crippen LogP contribution in [0.4, 0.5) is 4.79 Å². The summed E-state index contributed by atoms with van der Waals surface area (Å²) in [7, 11) is 0. The van der Waals surface area contributed by atoms with Gasteiger partial charge in [0.15, 0.2) is 0 Å². The van der Waals surface area contributed by atoms with E-state index in [1.807, 2.05) is 51.1 Å². The molecule has 4 amide bonds. The van der Waals surface area contributed by atoms with Crippen molar-refractivity contribution >= 4 is 23.8 Å². The maximum Gasteiger partial charge on any atom is 0.410 e. The summed E-state index contributed by atoms with van der Waals surface area (Å²) < 4.78 is 10.9. The van der Waals surface area contributed by atoms with Crippen molar-refractivity contribution in [1.82, 2.24) is 20.4 Å². The Morgan fingerprint density at radius 2 is 1.78 bits per heavy atom. The van der Waals surface area contributed by atoms with Crippen LogP contribution in [-0.4, -0.2) is 83.6 Å². The Kier molecular flexibility index (Phi) is 7.66. The SMILES string of the molecule is CC(C)(C)OC(=O)N1CC(NC(=O)[C@@H]2C[C@]3(C)C[C@@H]3N2C(=O)CNC(=O)CCCOc2ccccc2)C1. The minimum absolute atomic E-state index is 0.0200. The van der Waals surface area contributed by atoms with Crippen molar-refractivity contribution in [3.63, 3.8) is 0 Å². The van der Waals surface area contributed by atoms with E-state index >= 15 is 0 Å². The number of rotatable bonds is 9. The van der Waals surface area contributed by atoms with Gasteiger partial charge in [0.1, 0.15) is 17.4 Å². The van der Waals surface area contributed by atoms with E-state index in [4.69, 9.17) is 9.47 Å². The number of likely N-dealkylation sites (tertiary alicyclic amines) is 2. The molecule has 2 saturated heterocycles. The minimum atomic E-state index is -0.571. The lowest BCUT2D eigenvalue weighted by atomic mass is 10.0. The van der Waals surface area contributed by atoms with E-state index in [2.05, 4.69) is 17.6 Å². The lowest BCUT2D eigenvalue weighted by molar-refractivity contribution is -0.140. The first-order valence-electron chi connectivity index (χ1n) is 13.0. The number of fused-ring (bicyclic) bond motifs is 1. The van der Waals surface area contributed by atoms with Gasteiger partial charge in [-0.15, -0.1) is 0 Å². The summed E-state index contributed by atoms with van der Waals surface area (Å²) >= 11 is 0. The van der Waals surface area contributed by atoms with Crippen LogP contribution in [0, 0.1) is 5.41 Å². The summed E-state index contributed by atoms with van der Waals surface area (Å²) in [4.78, 5) is 53.7. The molecule has 1 aromatic carbocycles. The number of ether oxygens (including phenoxy) is 2. The van der Waals surface area contributed by atoms with Crippen molar-refractivity contribution in [1.29, 1.82) is 0 Å². The molecule has 2 heterocycles. The van der Waals surface area contributed by atoms with E-state index in [0.717, 1.165) is 12.2 Å². The second-order valence-electron chi connectivity index (χ2n) is 11.5. The molecule has 3 aliphatic rings. The fourth-order valence-electron chi connectivity index (χ4n) is 5.00. The largest absolute Gasteiger partial charge is 0.494 e. The monoisotopic (exact) mass is 514 g/mol. The molecule has 10 nitrogen and oxygen atoms in total. The van der Waals surface area contributed by atoms with E-state index in [-0.39, 0.29) is 48.2 Å². The lowest BCUT2D eigenvalue weighted by Crippen LogP contribution is -2.63. The first kappa shape index (κ1) is 26.8. The number of nitrogens with zero attached hydrogens (tertiary/aromatic N) is 2. The van der Waals surface area contributed by atoms with E-state index in [1.165, 1.54) is 0 Å². The molecule has 1 saturated carbocycles. The molecule has 37 heavy (non-hydrogen) atoms. The van der Waals surface area contributed by atoms with Gasteiger partial charge in [-0.05, 0) is 57.6 Å². The smallest absolute Gasteiger partial charge is 0.410 e. The van der Waals surface area contributed by atoms with Gasteiger partial charge in [-0.1, -0.05) is 25.1 Å². The Morgan fingerprint density at radius 1 is 1.08 bits per heavy atom. The summed E-state index contributed by atoms with van der Waals surface area (Å²) in [5.41, 5.74) is -0.628. The quantitative estimate of drug-likeness (QED) is 0.488. The van der Waals surface area contributed by atoms with Crippen LogP contribution in [0.15, 0.2) is 30.3 Å². The normalized spacial score (nSPS) is 24.5. The molecule has 1 aromatic rings. The third kappa shape index (κ3) is 6.72. The van der Waals surface area contributed by atoms with E-state index in [1.54, 1.807) is 9.80 Å². The number of carbonyl (C=O) groups excluding carboxylic acids is 4. The molecular weight excluding hydrogens is 476 g/mol. The summed E-state index contributed by atoms with van der Waals surface area (Å²) in [6.45, 7) is 8.55. The minimum Gasteiger partial charge on any atom is -0.494 e. The molecule has 3 fully saturated rings. The van der Waals surface area contributed by atoms with Crippen molar-refractivity contribution < 1.29 is 28.7 Å². The Morgan fingerprint density at radius 3 is 2.46 bits per heavy atom. The fraction of sp³-hybridized carbons (Fsp3) is 0.630. The van der Waals surface area contributed by atoms with Gasteiger partial charge in [-0.2, -0.15) is 0 Å². The topological polar surface area (TPSA) is 117 Å². The zero-order chi connectivity index (χ0) is 26.8. The predicted molar refractivity (Wildman–Crippen MR) is 136 cm³/mol. The summed E-state index contributed by atoms with van der Waals surface area (Å²) in [5, 5.41) is 5.67. The van der Waals surface area contributed by atoms with E-state index < -0.39 is 17.7 Å². The third-order valence-electron chi connectivity index (χ3n) is 7.10. The Labute approximate surface area is 218 Å². The molecule has 0 spiro atoms. The molecule has 2 N–H and O–H groups in total. The van der Waals surface area contributed by atoms with Crippen LogP contribution in [0.1, 0.15) is 53.4 Å². The highest BCUT2D eigenvalue weighted by Gasteiger charge is 2.64. The Balaban J connectivity index is 1.19. The zero-order valence-corrected chi connectivity index (χ0v) is 22.1. The zero-order valence-electron chi connectivity index (χ0n) is 22.1. The number of nitrogens with one attached hydrogen (secondary N) is 2. The van der Waals surface area contributed by atoms with Gasteiger partial charge < -0.3 is 29.9 Å². The molecule has 0 aromatic heterocycles. The Hall–Kier alpha value is -3.30. The van der Waals surface area contributed by atoms with Gasteiger partial charge in [0.25, 0.3) is 0 Å². The maximum atomic E-state index is 13.1. The molecular formula is C27H38N4O6. The molecule has 10 heteroatoms. The highest BCUT2D eigenvalue weighted by atomic mass is 16.6. The average Bonchev–Trinajstić information content (AvgIpc) is 3.36. The number of piperidine rings is 1. The lowest BCUT2D eigenvalue weighted by Gasteiger charge is -2.40. The van der Waals surface area contributed by atoms with Crippen LogP contribution in [-0.2, 0) is 19.1 Å². The van der Waals surface area contributed by atoms with Crippen LogP contribution >= 0.6 is 0 Å². The molecule has 2 aliphatic heterocycles. The molecule has 0 bridgehead atoms. The average molecular weight is 515 g/mol. The highest BCUT2D eigenvalue weighted by molar-refractivity contribution is 5.92. The standard InChI is InChI=1S/C27H38N4O6/c1-26(2,3)37-25(35)30-16-18(17-30)29-24(34)20-13-27(4)14-21(27)31(20)23(33)15-28-22(32)11-8-12-36-19-9-6-5-7-10-19/h5-7,9-10,18,20-21H,8,11-17H2,1-4H3,(H,28,32)(H,29,34)/t20-,21-,27+/m0/s1. The molecule has 1 aliphatic carbocycles. The maximum absolute atomic E-state index is 13.1. The van der Waals surface area contributed by atoms with E-state index in [0.29, 0.717) is 32.5 Å². The molecule has 4 rings (SSSR count). The number of benzene rings is 1. The van der Waals surface area contributed by atoms with Crippen LogP contribution in [0.5, 0.6) is 5.75 Å². The molecule has 202 valence electrons. The third-order valence-corrected chi connectivity index (χ3v) is 7.10. The van der Waals surface area contributed by atoms with Crippen molar-refractivity contribution in [3.8, 4) is 5.75 Å². The molecule has 0 radical (unpaired) electrons. The second-order valence-corrected chi connectivity index (χ2v) is 11.5. The highest BCUT2D eigenvalue weighted by Crippen LogP contribution is 2.59. The number of hydrogen-bond donors (Lipinski definition) is 2. The van der Waals surface area contributed by atoms with Crippen LogP contribution in [0.25, 0.3) is 0 Å². The van der Waals surface area contributed by atoms with Gasteiger partial charge in [0.05, 0.1) is 19.2 Å². The van der Waals surface area contributed by atoms with Gasteiger partial charge in [-0.3, -0.25) is 14.4 Å². The number of amides is 4. The summed E-state index contributed by atoms with van der Waals surface area (Å²) in [6.07, 6.45) is 1.85. The van der Waals surface area contributed by atoms with Gasteiger partial charge in [0, 0.05) is 25.6 Å². The fourth-order valence-corrected chi connectivity index (χ4v) is 5.00. The Bertz CT molecular complexity index is 1020. The number of carbonyl (C=O) groups is 4. The van der Waals surface area contributed by atoms with Gasteiger partial charge >= 0.3 is 6.09 Å². The van der Waals surface area contributed by atoms with Gasteiger partial charge in [0.2, 0.25) is 17.7 Å². The molecule has 0 unspecified atom stereocenters. The second kappa shape index (κ2) is 10.6. The van der Waals surface area contributed by atoms with Crippen molar-refractivity contribution in [2.24, 2.45) is 5.41 Å². The van der Waals surface area contributed by atoms with Gasteiger partial charge in [-0.25, -0.2) is 4.79 Å². The number of para-hydroxylation sites is 1. The van der Waals surface area contributed by atoms with Crippen molar-refractivity contribution in [2.75, 3.05) is 26.2 Å². The summed E-state index contributed by atoms with van der Waals surface area (Å²) in [5.74, 6) is 0.0769. The van der Waals surface area contributed by atoms with E-state index in [9.17, 15) is 19.2 Å². The number of hydrogen-bond acceptors (Lipinski definition) is 6. The van der Waals surface area contributed by atoms with Crippen LogP contribution < -0.4 is 15.4 Å².